The molecule has 0 bridgehead atoms. The van der Waals surface area contributed by atoms with Gasteiger partial charge in [-0.15, -0.1) is 0 Å². The van der Waals surface area contributed by atoms with Gasteiger partial charge in [0.1, 0.15) is 0 Å². The average Bonchev–Trinajstić information content (AvgIpc) is 2.35. The van der Waals surface area contributed by atoms with Gasteiger partial charge in [0.05, 0.1) is 0 Å². The number of allylic oxidation sites excluding steroid dienone is 12. The summed E-state index contributed by atoms with van der Waals surface area (Å²) in [6.07, 6.45) is 18.3. The van der Waals surface area contributed by atoms with Crippen molar-refractivity contribution in [1.29, 1.82) is 0 Å². The molecule has 0 saturated heterocycles. The van der Waals surface area contributed by atoms with Gasteiger partial charge in [0.2, 0.25) is 0 Å². The Labute approximate surface area is 111 Å². The highest BCUT2D eigenvalue weighted by Gasteiger charge is 1.82. The molecule has 0 saturated carbocycles. The molecule has 18 heavy (non-hydrogen) atoms. The van der Waals surface area contributed by atoms with Crippen LogP contribution in [0.5, 0.6) is 0 Å². The molecule has 0 fully saturated rings. The van der Waals surface area contributed by atoms with Gasteiger partial charge in [-0.1, -0.05) is 86.6 Å². The van der Waals surface area contributed by atoms with E-state index in [4.69, 9.17) is 0 Å². The highest BCUT2D eigenvalue weighted by molar-refractivity contribution is 5.36. The standard InChI is InChI=1S/C18H22/c1-6-11-17(4)12-9-8-10-13-18(5)15-14-16(3)7-2/h6-11,13-15H,2-5,12H2,1H3/b9-8-,11-6-,13-10-,15-14-. The molecule has 0 N–H and O–H groups in total. The lowest BCUT2D eigenvalue weighted by molar-refractivity contribution is 1.30. The van der Waals surface area contributed by atoms with Gasteiger partial charge in [-0.05, 0) is 24.5 Å². The highest BCUT2D eigenvalue weighted by atomic mass is 13.9. The van der Waals surface area contributed by atoms with E-state index in [0.29, 0.717) is 0 Å². The first-order valence-electron chi connectivity index (χ1n) is 5.92. The molecule has 0 atom stereocenters. The van der Waals surface area contributed by atoms with E-state index in [-0.39, 0.29) is 0 Å². The fraction of sp³-hybridized carbons (Fsp3) is 0.111. The molecule has 0 aliphatic rings. The molecule has 0 unspecified atom stereocenters. The molecule has 0 rings (SSSR count). The quantitative estimate of drug-likeness (QED) is 0.491. The number of hydrogen-bond donors (Lipinski definition) is 0. The molecule has 0 aliphatic heterocycles. The second-order valence-electron chi connectivity index (χ2n) is 3.84. The average molecular weight is 238 g/mol. The minimum absolute atomic E-state index is 0.865. The van der Waals surface area contributed by atoms with Crippen molar-refractivity contribution in [1.82, 2.24) is 0 Å². The SMILES string of the molecule is C=CC(=C)/C=C\C(=C)/C=C\C=C/CC(=C)/C=C\C. The smallest absolute Gasteiger partial charge is 0.0100 e. The fourth-order valence-corrected chi connectivity index (χ4v) is 1.12. The van der Waals surface area contributed by atoms with Crippen molar-refractivity contribution in [2.45, 2.75) is 13.3 Å². The molecule has 0 amide bonds. The van der Waals surface area contributed by atoms with E-state index < -0.39 is 0 Å². The Kier molecular flexibility index (Phi) is 8.93. The van der Waals surface area contributed by atoms with Gasteiger partial charge >= 0.3 is 0 Å². The molecule has 0 nitrogen and oxygen atoms in total. The van der Waals surface area contributed by atoms with Crippen LogP contribution >= 0.6 is 0 Å². The molecule has 0 aromatic heterocycles. The molecule has 0 heteroatoms. The summed E-state index contributed by atoms with van der Waals surface area (Å²) in [4.78, 5) is 0. The summed E-state index contributed by atoms with van der Waals surface area (Å²) in [5.41, 5.74) is 2.90. The summed E-state index contributed by atoms with van der Waals surface area (Å²) in [5, 5.41) is 0. The van der Waals surface area contributed by atoms with Crippen LogP contribution in [-0.4, -0.2) is 0 Å². The zero-order valence-electron chi connectivity index (χ0n) is 11.2. The zero-order valence-corrected chi connectivity index (χ0v) is 11.2. The maximum atomic E-state index is 3.93. The maximum Gasteiger partial charge on any atom is -0.0100 e. The van der Waals surface area contributed by atoms with Crippen molar-refractivity contribution in [3.8, 4) is 0 Å². The topological polar surface area (TPSA) is 0 Å². The summed E-state index contributed by atoms with van der Waals surface area (Å²) >= 11 is 0. The summed E-state index contributed by atoms with van der Waals surface area (Å²) in [6.45, 7) is 17.2. The Morgan fingerprint density at radius 3 is 2.17 bits per heavy atom. The minimum atomic E-state index is 0.865. The lowest BCUT2D eigenvalue weighted by Crippen LogP contribution is -1.71. The van der Waals surface area contributed by atoms with Crippen molar-refractivity contribution in [2.75, 3.05) is 0 Å². The Morgan fingerprint density at radius 2 is 1.56 bits per heavy atom. The van der Waals surface area contributed by atoms with E-state index in [2.05, 4.69) is 32.4 Å². The minimum Gasteiger partial charge on any atom is -0.0985 e. The Bertz CT molecular complexity index is 423. The lowest BCUT2D eigenvalue weighted by atomic mass is 10.2. The van der Waals surface area contributed by atoms with Crippen molar-refractivity contribution < 1.29 is 0 Å². The summed E-state index contributed by atoms with van der Waals surface area (Å²) < 4.78 is 0. The predicted octanol–water partition coefficient (Wildman–Crippen LogP) is 5.48. The molecule has 0 aliphatic carbocycles. The molecule has 0 aromatic carbocycles. The van der Waals surface area contributed by atoms with Crippen LogP contribution in [0.3, 0.4) is 0 Å². The van der Waals surface area contributed by atoms with Crippen LogP contribution in [0, 0.1) is 0 Å². The van der Waals surface area contributed by atoms with Crippen LogP contribution in [0.4, 0.5) is 0 Å². The van der Waals surface area contributed by atoms with Crippen LogP contribution in [-0.2, 0) is 0 Å². The van der Waals surface area contributed by atoms with Gasteiger partial charge in [0, 0.05) is 0 Å². The van der Waals surface area contributed by atoms with Gasteiger partial charge in [0.25, 0.3) is 0 Å². The van der Waals surface area contributed by atoms with E-state index in [9.17, 15) is 0 Å². The van der Waals surface area contributed by atoms with Crippen LogP contribution in [0.15, 0.2) is 97.7 Å². The van der Waals surface area contributed by atoms with Crippen molar-refractivity contribution in [3.05, 3.63) is 97.7 Å². The number of hydrogen-bond acceptors (Lipinski definition) is 0. The van der Waals surface area contributed by atoms with Gasteiger partial charge < -0.3 is 0 Å². The first kappa shape index (κ1) is 15.9. The van der Waals surface area contributed by atoms with Crippen molar-refractivity contribution in [3.63, 3.8) is 0 Å². The number of rotatable bonds is 8. The second-order valence-corrected chi connectivity index (χ2v) is 3.84. The Hall–Kier alpha value is -2.08. The van der Waals surface area contributed by atoms with E-state index in [1.165, 1.54) is 0 Å². The van der Waals surface area contributed by atoms with E-state index in [0.717, 1.165) is 23.1 Å². The van der Waals surface area contributed by atoms with E-state index in [1.807, 2.05) is 49.5 Å². The van der Waals surface area contributed by atoms with Gasteiger partial charge in [-0.25, -0.2) is 0 Å². The van der Waals surface area contributed by atoms with Gasteiger partial charge in [0.15, 0.2) is 0 Å². The molecule has 0 aromatic rings. The van der Waals surface area contributed by atoms with Crippen LogP contribution in [0.2, 0.25) is 0 Å². The zero-order chi connectivity index (χ0) is 13.8. The summed E-state index contributed by atoms with van der Waals surface area (Å²) in [6, 6.07) is 0. The van der Waals surface area contributed by atoms with Crippen LogP contribution in [0.25, 0.3) is 0 Å². The highest BCUT2D eigenvalue weighted by Crippen LogP contribution is 2.03. The maximum absolute atomic E-state index is 3.93. The first-order chi connectivity index (χ1) is 8.60. The molecule has 0 radical (unpaired) electrons. The lowest BCUT2D eigenvalue weighted by Gasteiger charge is -1.91. The van der Waals surface area contributed by atoms with Gasteiger partial charge in [-0.2, -0.15) is 0 Å². The summed E-state index contributed by atoms with van der Waals surface area (Å²) in [7, 11) is 0. The summed E-state index contributed by atoms with van der Waals surface area (Å²) in [5.74, 6) is 0. The molecule has 0 spiro atoms. The van der Waals surface area contributed by atoms with E-state index in [1.54, 1.807) is 6.08 Å². The Morgan fingerprint density at radius 1 is 0.889 bits per heavy atom. The fourth-order valence-electron chi connectivity index (χ4n) is 1.12. The van der Waals surface area contributed by atoms with Crippen molar-refractivity contribution >= 4 is 0 Å². The van der Waals surface area contributed by atoms with Crippen LogP contribution < -0.4 is 0 Å². The van der Waals surface area contributed by atoms with E-state index >= 15 is 0 Å². The molecule has 94 valence electrons. The molecular weight excluding hydrogens is 216 g/mol. The first-order valence-corrected chi connectivity index (χ1v) is 5.92. The largest absolute Gasteiger partial charge is 0.0985 e. The third kappa shape index (κ3) is 9.17. The Balaban J connectivity index is 4.09. The van der Waals surface area contributed by atoms with Crippen LogP contribution in [0.1, 0.15) is 13.3 Å². The predicted molar refractivity (Wildman–Crippen MR) is 84.5 cm³/mol. The molecular formula is C18H22. The second kappa shape index (κ2) is 10.1. The van der Waals surface area contributed by atoms with Gasteiger partial charge in [-0.3, -0.25) is 0 Å². The monoisotopic (exact) mass is 238 g/mol. The third-order valence-electron chi connectivity index (χ3n) is 2.11. The molecule has 0 heterocycles. The van der Waals surface area contributed by atoms with Crippen molar-refractivity contribution in [2.24, 2.45) is 0 Å². The normalized spacial score (nSPS) is 11.8. The third-order valence-corrected chi connectivity index (χ3v) is 2.11.